The Hall–Kier alpha value is -2.25. The topological polar surface area (TPSA) is 116 Å². The van der Waals surface area contributed by atoms with Gasteiger partial charge in [-0.3, -0.25) is 9.89 Å². The van der Waals surface area contributed by atoms with Gasteiger partial charge in [0, 0.05) is 33.1 Å². The van der Waals surface area contributed by atoms with Crippen LogP contribution in [0.5, 0.6) is 0 Å². The summed E-state index contributed by atoms with van der Waals surface area (Å²) in [4.78, 5) is 24.6. The van der Waals surface area contributed by atoms with Gasteiger partial charge < -0.3 is 21.3 Å². The molecule has 1 heterocycles. The summed E-state index contributed by atoms with van der Waals surface area (Å²) in [6.07, 6.45) is 2.17. The SMILES string of the molecule is CN(C)C(=O)NCCNC(=O)c1n[nH]c(C2CC2)c1N. The minimum atomic E-state index is -0.329. The lowest BCUT2D eigenvalue weighted by molar-refractivity contribution is 0.0949. The zero-order valence-electron chi connectivity index (χ0n) is 11.7. The molecule has 0 aliphatic heterocycles. The zero-order valence-corrected chi connectivity index (χ0v) is 11.7. The highest BCUT2D eigenvalue weighted by Crippen LogP contribution is 2.42. The molecule has 8 nitrogen and oxygen atoms in total. The van der Waals surface area contributed by atoms with Gasteiger partial charge in [-0.25, -0.2) is 4.79 Å². The fourth-order valence-corrected chi connectivity index (χ4v) is 1.81. The van der Waals surface area contributed by atoms with E-state index in [9.17, 15) is 9.59 Å². The van der Waals surface area contributed by atoms with E-state index in [-0.39, 0.29) is 17.6 Å². The van der Waals surface area contributed by atoms with E-state index in [0.29, 0.717) is 24.7 Å². The smallest absolute Gasteiger partial charge is 0.316 e. The maximum absolute atomic E-state index is 11.9. The van der Waals surface area contributed by atoms with E-state index in [2.05, 4.69) is 20.8 Å². The number of anilines is 1. The summed E-state index contributed by atoms with van der Waals surface area (Å²) in [7, 11) is 3.30. The van der Waals surface area contributed by atoms with Crippen LogP contribution in [0.4, 0.5) is 10.5 Å². The molecule has 1 fully saturated rings. The van der Waals surface area contributed by atoms with Crippen LogP contribution in [0.3, 0.4) is 0 Å². The second kappa shape index (κ2) is 5.81. The number of carbonyl (C=O) groups is 2. The number of urea groups is 1. The van der Waals surface area contributed by atoms with Gasteiger partial charge in [-0.15, -0.1) is 0 Å². The molecule has 1 aliphatic carbocycles. The van der Waals surface area contributed by atoms with Crippen LogP contribution in [0.1, 0.15) is 34.9 Å². The Labute approximate surface area is 117 Å². The number of carbonyl (C=O) groups excluding carboxylic acids is 2. The van der Waals surface area contributed by atoms with E-state index in [4.69, 9.17) is 5.73 Å². The van der Waals surface area contributed by atoms with E-state index >= 15 is 0 Å². The van der Waals surface area contributed by atoms with Gasteiger partial charge in [0.15, 0.2) is 5.69 Å². The van der Waals surface area contributed by atoms with Crippen molar-refractivity contribution in [1.82, 2.24) is 25.7 Å². The Bertz CT molecular complexity index is 506. The third-order valence-corrected chi connectivity index (χ3v) is 3.13. The number of rotatable bonds is 5. The highest BCUT2D eigenvalue weighted by molar-refractivity contribution is 5.97. The third-order valence-electron chi connectivity index (χ3n) is 3.13. The molecule has 0 atom stereocenters. The van der Waals surface area contributed by atoms with Gasteiger partial charge >= 0.3 is 6.03 Å². The lowest BCUT2D eigenvalue weighted by atomic mass is 10.2. The molecule has 5 N–H and O–H groups in total. The van der Waals surface area contributed by atoms with Crippen molar-refractivity contribution in [2.24, 2.45) is 0 Å². The molecular weight excluding hydrogens is 260 g/mol. The van der Waals surface area contributed by atoms with Gasteiger partial charge in [-0.05, 0) is 12.8 Å². The predicted octanol–water partition coefficient (Wildman–Crippen LogP) is -0.130. The predicted molar refractivity (Wildman–Crippen MR) is 74.4 cm³/mol. The van der Waals surface area contributed by atoms with Gasteiger partial charge in [-0.1, -0.05) is 0 Å². The number of hydrogen-bond donors (Lipinski definition) is 4. The van der Waals surface area contributed by atoms with Crippen molar-refractivity contribution in [3.05, 3.63) is 11.4 Å². The highest BCUT2D eigenvalue weighted by atomic mass is 16.2. The number of H-pyrrole nitrogens is 1. The first-order chi connectivity index (χ1) is 9.50. The molecule has 110 valence electrons. The number of aromatic amines is 1. The summed E-state index contributed by atoms with van der Waals surface area (Å²) >= 11 is 0. The lowest BCUT2D eigenvalue weighted by Crippen LogP contribution is -2.39. The van der Waals surface area contributed by atoms with Crippen molar-refractivity contribution >= 4 is 17.6 Å². The molecule has 0 bridgehead atoms. The second-order valence-corrected chi connectivity index (χ2v) is 5.06. The minimum absolute atomic E-state index is 0.199. The van der Waals surface area contributed by atoms with E-state index in [1.807, 2.05) is 0 Å². The van der Waals surface area contributed by atoms with Gasteiger partial charge in [0.2, 0.25) is 0 Å². The van der Waals surface area contributed by atoms with Crippen LogP contribution in [-0.4, -0.2) is 54.2 Å². The normalized spacial score (nSPS) is 13.9. The molecule has 1 aliphatic rings. The Morgan fingerprint density at radius 1 is 1.35 bits per heavy atom. The fraction of sp³-hybridized carbons (Fsp3) is 0.583. The van der Waals surface area contributed by atoms with Crippen molar-refractivity contribution < 1.29 is 9.59 Å². The summed E-state index contributed by atoms with van der Waals surface area (Å²) in [6, 6.07) is -0.199. The zero-order chi connectivity index (χ0) is 14.7. The summed E-state index contributed by atoms with van der Waals surface area (Å²) in [5, 5.41) is 12.1. The van der Waals surface area contributed by atoms with Crippen molar-refractivity contribution in [2.75, 3.05) is 32.9 Å². The molecule has 0 spiro atoms. The van der Waals surface area contributed by atoms with Crippen molar-refractivity contribution in [3.8, 4) is 0 Å². The third kappa shape index (κ3) is 3.19. The lowest BCUT2D eigenvalue weighted by Gasteiger charge is -2.11. The first-order valence-corrected chi connectivity index (χ1v) is 6.57. The van der Waals surface area contributed by atoms with Crippen LogP contribution >= 0.6 is 0 Å². The van der Waals surface area contributed by atoms with E-state index in [1.54, 1.807) is 14.1 Å². The van der Waals surface area contributed by atoms with Gasteiger partial charge in [-0.2, -0.15) is 5.10 Å². The molecule has 1 saturated carbocycles. The molecular formula is C12H20N6O2. The number of nitrogens with two attached hydrogens (primary N) is 1. The molecule has 1 aromatic rings. The van der Waals surface area contributed by atoms with Crippen LogP contribution in [0.15, 0.2) is 0 Å². The molecule has 0 aromatic carbocycles. The summed E-state index contributed by atoms with van der Waals surface area (Å²) in [5.41, 5.74) is 7.42. The number of aromatic nitrogens is 2. The Morgan fingerprint density at radius 3 is 2.60 bits per heavy atom. The molecule has 2 rings (SSSR count). The van der Waals surface area contributed by atoms with Crippen LogP contribution in [0.2, 0.25) is 0 Å². The maximum Gasteiger partial charge on any atom is 0.316 e. The minimum Gasteiger partial charge on any atom is -0.395 e. The summed E-state index contributed by atoms with van der Waals surface area (Å²) < 4.78 is 0. The molecule has 20 heavy (non-hydrogen) atoms. The van der Waals surface area contributed by atoms with E-state index in [1.165, 1.54) is 4.90 Å². The molecule has 0 saturated heterocycles. The Balaban J connectivity index is 1.79. The first-order valence-electron chi connectivity index (χ1n) is 6.57. The Kier molecular flexibility index (Phi) is 4.11. The summed E-state index contributed by atoms with van der Waals surface area (Å²) in [6.45, 7) is 0.673. The van der Waals surface area contributed by atoms with E-state index < -0.39 is 0 Å². The first kappa shape index (κ1) is 14.2. The highest BCUT2D eigenvalue weighted by Gasteiger charge is 2.30. The molecule has 3 amide bonds. The second-order valence-electron chi connectivity index (χ2n) is 5.06. The number of nitrogen functional groups attached to an aromatic ring is 1. The van der Waals surface area contributed by atoms with Gasteiger partial charge in [0.05, 0.1) is 11.4 Å². The standard InChI is InChI=1S/C12H20N6O2/c1-18(2)12(20)15-6-5-14-11(19)10-8(13)9(16-17-10)7-3-4-7/h7H,3-6,13H2,1-2H3,(H,14,19)(H,15,20)(H,16,17). The van der Waals surface area contributed by atoms with Crippen molar-refractivity contribution in [3.63, 3.8) is 0 Å². The van der Waals surface area contributed by atoms with Crippen LogP contribution < -0.4 is 16.4 Å². The van der Waals surface area contributed by atoms with Crippen LogP contribution in [0, 0.1) is 0 Å². The maximum atomic E-state index is 11.9. The average Bonchev–Trinajstić information content (AvgIpc) is 3.17. The van der Waals surface area contributed by atoms with Crippen molar-refractivity contribution in [2.45, 2.75) is 18.8 Å². The number of nitrogens with zero attached hydrogens (tertiary/aromatic N) is 2. The molecule has 0 radical (unpaired) electrons. The molecule has 0 unspecified atom stereocenters. The number of nitrogens with one attached hydrogen (secondary N) is 3. The molecule has 1 aromatic heterocycles. The number of amides is 3. The monoisotopic (exact) mass is 280 g/mol. The number of hydrogen-bond acceptors (Lipinski definition) is 4. The van der Waals surface area contributed by atoms with Crippen LogP contribution in [-0.2, 0) is 0 Å². The van der Waals surface area contributed by atoms with Gasteiger partial charge in [0.1, 0.15) is 0 Å². The van der Waals surface area contributed by atoms with Crippen LogP contribution in [0.25, 0.3) is 0 Å². The largest absolute Gasteiger partial charge is 0.395 e. The quantitative estimate of drug-likeness (QED) is 0.562. The fourth-order valence-electron chi connectivity index (χ4n) is 1.81. The average molecular weight is 280 g/mol. The van der Waals surface area contributed by atoms with Gasteiger partial charge in [0.25, 0.3) is 5.91 Å². The molecule has 8 heteroatoms. The summed E-state index contributed by atoms with van der Waals surface area (Å²) in [5.74, 6) is 0.0909. The Morgan fingerprint density at radius 2 is 2.00 bits per heavy atom. The van der Waals surface area contributed by atoms with E-state index in [0.717, 1.165) is 18.5 Å². The van der Waals surface area contributed by atoms with Crippen molar-refractivity contribution in [1.29, 1.82) is 0 Å².